The average Bonchev–Trinajstić information content (AvgIpc) is 2.46. The third kappa shape index (κ3) is 4.02. The van der Waals surface area contributed by atoms with Gasteiger partial charge in [0.25, 0.3) is 0 Å². The Morgan fingerprint density at radius 3 is 2.60 bits per heavy atom. The Kier molecular flexibility index (Phi) is 5.15. The normalized spacial score (nSPS) is 21.6. The van der Waals surface area contributed by atoms with Crippen LogP contribution in [0.15, 0.2) is 29.2 Å². The van der Waals surface area contributed by atoms with Gasteiger partial charge < -0.3 is 10.5 Å². The van der Waals surface area contributed by atoms with Gasteiger partial charge in [0.1, 0.15) is 0 Å². The van der Waals surface area contributed by atoms with Gasteiger partial charge in [-0.15, -0.1) is 0 Å². The van der Waals surface area contributed by atoms with Gasteiger partial charge >= 0.3 is 0 Å². The summed E-state index contributed by atoms with van der Waals surface area (Å²) in [7, 11) is -3.47. The van der Waals surface area contributed by atoms with E-state index in [1.807, 2.05) is 6.92 Å². The number of rotatable bonds is 5. The molecule has 0 saturated carbocycles. The maximum atomic E-state index is 12.2. The van der Waals surface area contributed by atoms with Crippen molar-refractivity contribution in [1.82, 2.24) is 4.72 Å². The summed E-state index contributed by atoms with van der Waals surface area (Å²) in [4.78, 5) is 0.262. The lowest BCUT2D eigenvalue weighted by atomic mass is 10.1. The molecule has 2 rings (SSSR count). The molecule has 5 nitrogen and oxygen atoms in total. The van der Waals surface area contributed by atoms with E-state index >= 15 is 0 Å². The van der Waals surface area contributed by atoms with Crippen molar-refractivity contribution in [2.24, 2.45) is 5.73 Å². The molecule has 112 valence electrons. The van der Waals surface area contributed by atoms with Crippen molar-refractivity contribution in [3.8, 4) is 0 Å². The monoisotopic (exact) mass is 298 g/mol. The van der Waals surface area contributed by atoms with Gasteiger partial charge in [0.05, 0.1) is 11.0 Å². The summed E-state index contributed by atoms with van der Waals surface area (Å²) >= 11 is 0. The topological polar surface area (TPSA) is 81.4 Å². The highest BCUT2D eigenvalue weighted by molar-refractivity contribution is 7.89. The van der Waals surface area contributed by atoms with Crippen molar-refractivity contribution in [1.29, 1.82) is 0 Å². The summed E-state index contributed by atoms with van der Waals surface area (Å²) in [5, 5.41) is 0. The van der Waals surface area contributed by atoms with E-state index in [9.17, 15) is 8.42 Å². The molecule has 6 heteroatoms. The molecule has 2 unspecified atom stereocenters. The van der Waals surface area contributed by atoms with Gasteiger partial charge in [-0.1, -0.05) is 12.1 Å². The van der Waals surface area contributed by atoms with E-state index in [1.165, 1.54) is 0 Å². The van der Waals surface area contributed by atoms with E-state index in [0.29, 0.717) is 6.54 Å². The first-order valence-electron chi connectivity index (χ1n) is 6.96. The molecule has 0 aromatic heterocycles. The van der Waals surface area contributed by atoms with Crippen LogP contribution >= 0.6 is 0 Å². The highest BCUT2D eigenvalue weighted by Gasteiger charge is 2.19. The fraction of sp³-hybridized carbons (Fsp3) is 0.571. The van der Waals surface area contributed by atoms with Crippen LogP contribution in [-0.4, -0.2) is 27.7 Å². The number of hydrogen-bond donors (Lipinski definition) is 2. The first-order chi connectivity index (χ1) is 9.49. The van der Waals surface area contributed by atoms with Crippen LogP contribution in [0.3, 0.4) is 0 Å². The lowest BCUT2D eigenvalue weighted by molar-refractivity contribution is 0.0200. The van der Waals surface area contributed by atoms with Gasteiger partial charge in [0.15, 0.2) is 0 Å². The van der Waals surface area contributed by atoms with E-state index in [0.717, 1.165) is 31.4 Å². The predicted molar refractivity (Wildman–Crippen MR) is 77.8 cm³/mol. The Labute approximate surface area is 120 Å². The zero-order valence-electron chi connectivity index (χ0n) is 11.7. The van der Waals surface area contributed by atoms with E-state index in [-0.39, 0.29) is 17.0 Å². The minimum atomic E-state index is -3.47. The minimum absolute atomic E-state index is 0.0122. The molecule has 1 aromatic carbocycles. The molecule has 1 fully saturated rings. The van der Waals surface area contributed by atoms with Crippen LogP contribution in [0.4, 0.5) is 0 Å². The quantitative estimate of drug-likeness (QED) is 0.864. The predicted octanol–water partition coefficient (Wildman–Crippen LogP) is 1.55. The fourth-order valence-corrected chi connectivity index (χ4v) is 3.27. The van der Waals surface area contributed by atoms with Crippen LogP contribution in [0.5, 0.6) is 0 Å². The molecule has 1 saturated heterocycles. The van der Waals surface area contributed by atoms with E-state index in [4.69, 9.17) is 10.5 Å². The average molecular weight is 298 g/mol. The summed E-state index contributed by atoms with van der Waals surface area (Å²) in [5.74, 6) is 0. The highest BCUT2D eigenvalue weighted by Crippen LogP contribution is 2.16. The number of nitrogens with two attached hydrogens (primary N) is 1. The Balaban J connectivity index is 1.98. The molecule has 2 atom stereocenters. The molecule has 20 heavy (non-hydrogen) atoms. The molecule has 1 aliphatic rings. The summed E-state index contributed by atoms with van der Waals surface area (Å²) in [6.07, 6.45) is 3.05. The van der Waals surface area contributed by atoms with Gasteiger partial charge in [-0.25, -0.2) is 13.1 Å². The third-order valence-electron chi connectivity index (χ3n) is 3.49. The van der Waals surface area contributed by atoms with Crippen molar-refractivity contribution in [2.45, 2.75) is 43.2 Å². The number of hydrogen-bond acceptors (Lipinski definition) is 4. The minimum Gasteiger partial charge on any atom is -0.377 e. The molecular weight excluding hydrogens is 276 g/mol. The van der Waals surface area contributed by atoms with Crippen LogP contribution in [0.25, 0.3) is 0 Å². The number of benzene rings is 1. The zero-order chi connectivity index (χ0) is 14.6. The molecule has 0 spiro atoms. The second kappa shape index (κ2) is 6.67. The number of nitrogens with one attached hydrogen (secondary N) is 1. The first kappa shape index (κ1) is 15.4. The van der Waals surface area contributed by atoms with Gasteiger partial charge in [-0.3, -0.25) is 0 Å². The molecule has 0 radical (unpaired) electrons. The Morgan fingerprint density at radius 2 is 2.05 bits per heavy atom. The Hall–Kier alpha value is -0.950. The number of ether oxygens (including phenoxy) is 1. The second-order valence-electron chi connectivity index (χ2n) is 5.20. The summed E-state index contributed by atoms with van der Waals surface area (Å²) in [6.45, 7) is 2.91. The molecule has 0 bridgehead atoms. The van der Waals surface area contributed by atoms with Crippen molar-refractivity contribution >= 4 is 10.0 Å². The summed E-state index contributed by atoms with van der Waals surface area (Å²) in [6, 6.07) is 6.56. The maximum absolute atomic E-state index is 12.2. The van der Waals surface area contributed by atoms with E-state index in [2.05, 4.69) is 4.72 Å². The van der Waals surface area contributed by atoms with Crippen LogP contribution in [0.1, 0.15) is 37.8 Å². The van der Waals surface area contributed by atoms with Crippen molar-refractivity contribution in [2.75, 3.05) is 13.2 Å². The van der Waals surface area contributed by atoms with E-state index in [1.54, 1.807) is 24.3 Å². The fourth-order valence-electron chi connectivity index (χ4n) is 2.20. The van der Waals surface area contributed by atoms with Gasteiger partial charge in [-0.05, 0) is 43.9 Å². The molecule has 1 heterocycles. The third-order valence-corrected chi connectivity index (χ3v) is 4.93. The van der Waals surface area contributed by atoms with Gasteiger partial charge in [-0.2, -0.15) is 0 Å². The van der Waals surface area contributed by atoms with E-state index < -0.39 is 10.0 Å². The smallest absolute Gasteiger partial charge is 0.240 e. The lowest BCUT2D eigenvalue weighted by Gasteiger charge is -2.22. The SMILES string of the molecule is CC(N)c1ccc(S(=O)(=O)NCC2CCCCO2)cc1. The molecule has 0 amide bonds. The molecule has 1 aromatic rings. The van der Waals surface area contributed by atoms with Gasteiger partial charge in [0, 0.05) is 19.2 Å². The molecule has 1 aliphatic heterocycles. The largest absolute Gasteiger partial charge is 0.377 e. The van der Waals surface area contributed by atoms with Crippen molar-refractivity contribution in [3.63, 3.8) is 0 Å². The highest BCUT2D eigenvalue weighted by atomic mass is 32.2. The van der Waals surface area contributed by atoms with Gasteiger partial charge in [0.2, 0.25) is 10.0 Å². The standard InChI is InChI=1S/C14H22N2O3S/c1-11(15)12-5-7-14(8-6-12)20(17,18)16-10-13-4-2-3-9-19-13/h5-8,11,13,16H,2-4,9-10,15H2,1H3. The Bertz CT molecular complexity index is 520. The lowest BCUT2D eigenvalue weighted by Crippen LogP contribution is -2.35. The van der Waals surface area contributed by atoms with Crippen LogP contribution in [-0.2, 0) is 14.8 Å². The first-order valence-corrected chi connectivity index (χ1v) is 8.44. The molecular formula is C14H22N2O3S. The van der Waals surface area contributed by atoms with Crippen LogP contribution < -0.4 is 10.5 Å². The van der Waals surface area contributed by atoms with Crippen LogP contribution in [0.2, 0.25) is 0 Å². The molecule has 3 N–H and O–H groups in total. The number of sulfonamides is 1. The van der Waals surface area contributed by atoms with Crippen molar-refractivity contribution < 1.29 is 13.2 Å². The molecule has 0 aliphatic carbocycles. The Morgan fingerprint density at radius 1 is 1.35 bits per heavy atom. The zero-order valence-corrected chi connectivity index (χ0v) is 12.5. The van der Waals surface area contributed by atoms with Crippen molar-refractivity contribution in [3.05, 3.63) is 29.8 Å². The maximum Gasteiger partial charge on any atom is 0.240 e. The second-order valence-corrected chi connectivity index (χ2v) is 6.97. The van der Waals surface area contributed by atoms with Crippen LogP contribution in [0, 0.1) is 0 Å². The summed E-state index contributed by atoms with van der Waals surface area (Å²) in [5.41, 5.74) is 6.66. The summed E-state index contributed by atoms with van der Waals surface area (Å²) < 4.78 is 32.4.